The van der Waals surface area contributed by atoms with Gasteiger partial charge < -0.3 is 9.30 Å². The van der Waals surface area contributed by atoms with Gasteiger partial charge in [-0.25, -0.2) is 18.9 Å². The van der Waals surface area contributed by atoms with Gasteiger partial charge in [0.2, 0.25) is 5.88 Å². The van der Waals surface area contributed by atoms with E-state index in [9.17, 15) is 18.0 Å². The van der Waals surface area contributed by atoms with Crippen LogP contribution in [0.2, 0.25) is 0 Å². The van der Waals surface area contributed by atoms with Crippen LogP contribution in [0.1, 0.15) is 13.3 Å². The van der Waals surface area contributed by atoms with Gasteiger partial charge in [0.15, 0.2) is 14.6 Å². The zero-order chi connectivity index (χ0) is 24.2. The highest BCUT2D eigenvalue weighted by molar-refractivity contribution is 7.92. The number of ether oxygens (including phenoxy) is 1. The van der Waals surface area contributed by atoms with E-state index in [1.54, 1.807) is 31.6 Å². The van der Waals surface area contributed by atoms with Gasteiger partial charge in [-0.05, 0) is 42.2 Å². The number of carbonyl (C=O) groups is 1. The van der Waals surface area contributed by atoms with Crippen molar-refractivity contribution in [1.29, 1.82) is 0 Å². The third-order valence-electron chi connectivity index (χ3n) is 5.72. The number of sulfone groups is 1. The van der Waals surface area contributed by atoms with Gasteiger partial charge in [0, 0.05) is 42.9 Å². The fourth-order valence-electron chi connectivity index (χ4n) is 3.32. The molecule has 0 saturated heterocycles. The largest absolute Gasteiger partial charge is 0.481 e. The lowest BCUT2D eigenvalue weighted by Gasteiger charge is -2.25. The Morgan fingerprint density at radius 2 is 1.70 bits per heavy atom. The van der Waals surface area contributed by atoms with Gasteiger partial charge in [0.25, 0.3) is 11.5 Å². The molecular weight excluding hydrogens is 446 g/mol. The average molecular weight is 472 g/mol. The zero-order valence-electron chi connectivity index (χ0n) is 18.5. The molecule has 0 aliphatic heterocycles. The SMILES string of the molecule is COc1ccc(-c2ccc(-c3ccn(CCC(C)(C(=O)NO)S(C)(=O)=O)c(=O)c3)cc2)cn1. The van der Waals surface area contributed by atoms with Gasteiger partial charge in [-0.3, -0.25) is 14.8 Å². The number of aromatic nitrogens is 2. The van der Waals surface area contributed by atoms with Crippen LogP contribution < -0.4 is 15.8 Å². The fraction of sp³-hybridized carbons (Fsp3) is 0.261. The van der Waals surface area contributed by atoms with E-state index in [-0.39, 0.29) is 18.5 Å². The van der Waals surface area contributed by atoms with Crippen molar-refractivity contribution in [3.63, 3.8) is 0 Å². The van der Waals surface area contributed by atoms with Crippen molar-refractivity contribution >= 4 is 15.7 Å². The Balaban J connectivity index is 1.79. The summed E-state index contributed by atoms with van der Waals surface area (Å²) in [7, 11) is -2.28. The first-order valence-electron chi connectivity index (χ1n) is 10.0. The van der Waals surface area contributed by atoms with Crippen LogP contribution in [0.3, 0.4) is 0 Å². The second-order valence-corrected chi connectivity index (χ2v) is 10.3. The van der Waals surface area contributed by atoms with Crippen LogP contribution in [-0.2, 0) is 21.2 Å². The Kier molecular flexibility index (Phi) is 6.99. The van der Waals surface area contributed by atoms with Gasteiger partial charge in [0.05, 0.1) is 7.11 Å². The van der Waals surface area contributed by atoms with E-state index in [2.05, 4.69) is 4.98 Å². The summed E-state index contributed by atoms with van der Waals surface area (Å²) in [6.07, 6.45) is 4.01. The number of hydrogen-bond acceptors (Lipinski definition) is 7. The quantitative estimate of drug-likeness (QED) is 0.381. The summed E-state index contributed by atoms with van der Waals surface area (Å²) in [5.41, 5.74) is 4.50. The number of pyridine rings is 2. The minimum absolute atomic E-state index is 0.0144. The second-order valence-electron chi connectivity index (χ2n) is 7.81. The molecule has 174 valence electrons. The molecule has 0 saturated carbocycles. The molecule has 2 aromatic heterocycles. The number of aryl methyl sites for hydroxylation is 1. The molecule has 1 amide bonds. The molecule has 1 atom stereocenters. The molecular formula is C23H25N3O6S. The van der Waals surface area contributed by atoms with Crippen LogP contribution in [-0.4, -0.2) is 47.2 Å². The molecule has 10 heteroatoms. The molecule has 1 aromatic carbocycles. The normalized spacial score (nSPS) is 13.2. The van der Waals surface area contributed by atoms with Gasteiger partial charge >= 0.3 is 0 Å². The van der Waals surface area contributed by atoms with Crippen LogP contribution in [0.5, 0.6) is 5.88 Å². The zero-order valence-corrected chi connectivity index (χ0v) is 19.3. The minimum atomic E-state index is -3.84. The second kappa shape index (κ2) is 9.55. The summed E-state index contributed by atoms with van der Waals surface area (Å²) in [5.74, 6) is -0.508. The van der Waals surface area contributed by atoms with E-state index in [4.69, 9.17) is 9.94 Å². The van der Waals surface area contributed by atoms with Crippen molar-refractivity contribution in [3.8, 4) is 28.1 Å². The minimum Gasteiger partial charge on any atom is -0.481 e. The molecule has 0 fully saturated rings. The lowest BCUT2D eigenvalue weighted by atomic mass is 10.0. The van der Waals surface area contributed by atoms with E-state index in [1.807, 2.05) is 30.3 Å². The summed E-state index contributed by atoms with van der Waals surface area (Å²) in [6, 6.07) is 14.5. The topological polar surface area (TPSA) is 128 Å². The smallest absolute Gasteiger partial charge is 0.264 e. The lowest BCUT2D eigenvalue weighted by Crippen LogP contribution is -2.49. The molecule has 2 heterocycles. The Labute approximate surface area is 191 Å². The third-order valence-corrected chi connectivity index (χ3v) is 7.75. The molecule has 0 aliphatic carbocycles. The first-order valence-corrected chi connectivity index (χ1v) is 11.9. The number of hydroxylamine groups is 1. The van der Waals surface area contributed by atoms with Gasteiger partial charge in [-0.15, -0.1) is 0 Å². The average Bonchev–Trinajstić information content (AvgIpc) is 2.82. The van der Waals surface area contributed by atoms with Gasteiger partial charge in [-0.2, -0.15) is 0 Å². The summed E-state index contributed by atoms with van der Waals surface area (Å²) < 4.78 is 28.7. The van der Waals surface area contributed by atoms with E-state index >= 15 is 0 Å². The first-order chi connectivity index (χ1) is 15.6. The number of rotatable bonds is 8. The summed E-state index contributed by atoms with van der Waals surface area (Å²) in [4.78, 5) is 28.8. The fourth-order valence-corrected chi connectivity index (χ4v) is 4.16. The summed E-state index contributed by atoms with van der Waals surface area (Å²) >= 11 is 0. The lowest BCUT2D eigenvalue weighted by molar-refractivity contribution is -0.131. The number of methoxy groups -OCH3 is 1. The standard InChI is InChI=1S/C23H25N3O6S/c1-23(22(28)25-29,33(3,30)31)11-13-26-12-10-18(14-21(26)27)16-4-6-17(7-5-16)19-8-9-20(32-2)24-15-19/h4-10,12,14-15,29H,11,13H2,1-3H3,(H,25,28). The highest BCUT2D eigenvalue weighted by atomic mass is 32.2. The Morgan fingerprint density at radius 3 is 2.18 bits per heavy atom. The van der Waals surface area contributed by atoms with E-state index < -0.39 is 20.5 Å². The van der Waals surface area contributed by atoms with Gasteiger partial charge in [-0.1, -0.05) is 24.3 Å². The maximum Gasteiger partial charge on any atom is 0.264 e. The number of benzene rings is 1. The maximum atomic E-state index is 12.6. The monoisotopic (exact) mass is 471 g/mol. The van der Waals surface area contributed by atoms with Crippen LogP contribution in [0.4, 0.5) is 0 Å². The molecule has 0 radical (unpaired) electrons. The number of nitrogens with one attached hydrogen (secondary N) is 1. The van der Waals surface area contributed by atoms with Gasteiger partial charge in [0.1, 0.15) is 0 Å². The van der Waals surface area contributed by atoms with Crippen LogP contribution in [0.15, 0.2) is 65.7 Å². The van der Waals surface area contributed by atoms with E-state index in [0.717, 1.165) is 22.9 Å². The number of nitrogens with zero attached hydrogens (tertiary/aromatic N) is 2. The molecule has 3 rings (SSSR count). The molecule has 2 N–H and O–H groups in total. The number of carbonyl (C=O) groups excluding carboxylic acids is 1. The van der Waals surface area contributed by atoms with Crippen molar-refractivity contribution in [2.24, 2.45) is 0 Å². The van der Waals surface area contributed by atoms with E-state index in [1.165, 1.54) is 23.0 Å². The molecule has 3 aromatic rings. The highest BCUT2D eigenvalue weighted by Crippen LogP contribution is 2.25. The molecule has 0 aliphatic rings. The van der Waals surface area contributed by atoms with Crippen LogP contribution >= 0.6 is 0 Å². The van der Waals surface area contributed by atoms with Crippen molar-refractivity contribution in [3.05, 3.63) is 71.3 Å². The van der Waals surface area contributed by atoms with Crippen LogP contribution in [0, 0.1) is 0 Å². The number of hydrogen-bond donors (Lipinski definition) is 2. The molecule has 0 bridgehead atoms. The summed E-state index contributed by atoms with van der Waals surface area (Å²) in [6.45, 7) is 1.20. The summed E-state index contributed by atoms with van der Waals surface area (Å²) in [5, 5.41) is 8.92. The number of amides is 1. The van der Waals surface area contributed by atoms with Crippen LogP contribution in [0.25, 0.3) is 22.3 Å². The molecule has 33 heavy (non-hydrogen) atoms. The molecule has 1 unspecified atom stereocenters. The first kappa shape index (κ1) is 24.1. The Hall–Kier alpha value is -3.50. The maximum absolute atomic E-state index is 12.6. The predicted octanol–water partition coefficient (Wildman–Crippen LogP) is 2.28. The Morgan fingerprint density at radius 1 is 1.09 bits per heavy atom. The molecule has 9 nitrogen and oxygen atoms in total. The van der Waals surface area contributed by atoms with E-state index in [0.29, 0.717) is 11.4 Å². The van der Waals surface area contributed by atoms with Crippen molar-refractivity contribution in [2.75, 3.05) is 13.4 Å². The third kappa shape index (κ3) is 5.12. The molecule has 0 spiro atoms. The Bertz CT molecular complexity index is 1300. The van der Waals surface area contributed by atoms with Crippen molar-refractivity contribution in [2.45, 2.75) is 24.6 Å². The highest BCUT2D eigenvalue weighted by Gasteiger charge is 2.43. The van der Waals surface area contributed by atoms with Crippen molar-refractivity contribution in [1.82, 2.24) is 15.0 Å². The predicted molar refractivity (Wildman–Crippen MR) is 124 cm³/mol. The van der Waals surface area contributed by atoms with Crippen molar-refractivity contribution < 1.29 is 23.2 Å².